The number of piperidine rings is 1. The van der Waals surface area contributed by atoms with Crippen molar-refractivity contribution in [2.45, 2.75) is 17.7 Å². The SMILES string of the molecule is Cl.NCC1CCN(S(=O)(=O)c2cc(F)c(F)cc2F)CC1. The zero-order valence-electron chi connectivity index (χ0n) is 11.1. The normalized spacial score (nSPS) is 17.5. The van der Waals surface area contributed by atoms with Gasteiger partial charge in [-0.15, -0.1) is 12.4 Å². The van der Waals surface area contributed by atoms with Crippen LogP contribution in [0.4, 0.5) is 13.2 Å². The lowest BCUT2D eigenvalue weighted by molar-refractivity contribution is 0.277. The number of hydrogen-bond donors (Lipinski definition) is 1. The van der Waals surface area contributed by atoms with E-state index in [-0.39, 0.29) is 37.5 Å². The van der Waals surface area contributed by atoms with Gasteiger partial charge in [0.1, 0.15) is 10.7 Å². The van der Waals surface area contributed by atoms with Gasteiger partial charge in [-0.25, -0.2) is 21.6 Å². The second-order valence-corrected chi connectivity index (χ2v) is 6.69. The predicted octanol–water partition coefficient (Wildman–Crippen LogP) is 1.89. The third-order valence-corrected chi connectivity index (χ3v) is 5.41. The first-order chi connectivity index (χ1) is 9.36. The number of halogens is 4. The monoisotopic (exact) mass is 344 g/mol. The van der Waals surface area contributed by atoms with Crippen LogP contribution in [0.25, 0.3) is 0 Å². The Morgan fingerprint density at radius 1 is 1.10 bits per heavy atom. The van der Waals surface area contributed by atoms with Gasteiger partial charge >= 0.3 is 0 Å². The summed E-state index contributed by atoms with van der Waals surface area (Å²) in [7, 11) is -4.15. The molecule has 1 aromatic rings. The van der Waals surface area contributed by atoms with Gasteiger partial charge in [0, 0.05) is 19.2 Å². The lowest BCUT2D eigenvalue weighted by atomic mass is 9.99. The summed E-state index contributed by atoms with van der Waals surface area (Å²) in [6, 6.07) is 0.629. The summed E-state index contributed by atoms with van der Waals surface area (Å²) in [5.41, 5.74) is 5.51. The Balaban J connectivity index is 0.00000220. The third kappa shape index (κ3) is 3.68. The van der Waals surface area contributed by atoms with E-state index in [2.05, 4.69) is 0 Å². The van der Waals surface area contributed by atoms with E-state index in [1.807, 2.05) is 0 Å². The van der Waals surface area contributed by atoms with E-state index < -0.39 is 32.4 Å². The predicted molar refractivity (Wildman–Crippen MR) is 74.1 cm³/mol. The Bertz CT molecular complexity index is 605. The maximum Gasteiger partial charge on any atom is 0.246 e. The number of nitrogens with zero attached hydrogens (tertiary/aromatic N) is 1. The van der Waals surface area contributed by atoms with Gasteiger partial charge in [0.05, 0.1) is 0 Å². The summed E-state index contributed by atoms with van der Waals surface area (Å²) in [5.74, 6) is -3.86. The molecule has 0 bridgehead atoms. The van der Waals surface area contributed by atoms with E-state index in [1.165, 1.54) is 0 Å². The number of rotatable bonds is 3. The number of sulfonamides is 1. The molecule has 2 rings (SSSR count). The molecule has 0 spiro atoms. The summed E-state index contributed by atoms with van der Waals surface area (Å²) >= 11 is 0. The molecule has 2 N–H and O–H groups in total. The Kier molecular flexibility index (Phi) is 6.03. The maximum atomic E-state index is 13.6. The molecule has 0 unspecified atom stereocenters. The fourth-order valence-electron chi connectivity index (χ4n) is 2.23. The highest BCUT2D eigenvalue weighted by molar-refractivity contribution is 7.89. The van der Waals surface area contributed by atoms with E-state index in [1.54, 1.807) is 0 Å². The molecule has 1 aliphatic heterocycles. The summed E-state index contributed by atoms with van der Waals surface area (Å²) < 4.78 is 65.1. The van der Waals surface area contributed by atoms with Crippen molar-refractivity contribution in [1.29, 1.82) is 0 Å². The molecule has 120 valence electrons. The summed E-state index contributed by atoms with van der Waals surface area (Å²) in [6.07, 6.45) is 1.14. The van der Waals surface area contributed by atoms with Crippen LogP contribution in [0.1, 0.15) is 12.8 Å². The minimum absolute atomic E-state index is 0. The van der Waals surface area contributed by atoms with E-state index in [0.717, 1.165) is 4.31 Å². The zero-order valence-corrected chi connectivity index (χ0v) is 12.7. The van der Waals surface area contributed by atoms with Gasteiger partial charge in [-0.2, -0.15) is 4.31 Å². The van der Waals surface area contributed by atoms with Crippen molar-refractivity contribution in [2.24, 2.45) is 11.7 Å². The Morgan fingerprint density at radius 2 is 1.62 bits per heavy atom. The van der Waals surface area contributed by atoms with Gasteiger partial charge in [0.2, 0.25) is 10.0 Å². The second kappa shape index (κ2) is 6.95. The molecule has 0 radical (unpaired) electrons. The average Bonchev–Trinajstić information content (AvgIpc) is 2.42. The van der Waals surface area contributed by atoms with Crippen LogP contribution in [-0.4, -0.2) is 32.4 Å². The van der Waals surface area contributed by atoms with Crippen molar-refractivity contribution in [3.63, 3.8) is 0 Å². The van der Waals surface area contributed by atoms with Crippen molar-refractivity contribution in [3.8, 4) is 0 Å². The molecule has 1 heterocycles. The summed E-state index contributed by atoms with van der Waals surface area (Å²) in [6.45, 7) is 0.860. The van der Waals surface area contributed by atoms with Gasteiger partial charge < -0.3 is 5.73 Å². The molecule has 0 aliphatic carbocycles. The van der Waals surface area contributed by atoms with Crippen LogP contribution in [0.3, 0.4) is 0 Å². The van der Waals surface area contributed by atoms with Crippen LogP contribution in [-0.2, 0) is 10.0 Å². The quantitative estimate of drug-likeness (QED) is 0.852. The fourth-order valence-corrected chi connectivity index (χ4v) is 3.75. The number of hydrogen-bond acceptors (Lipinski definition) is 3. The standard InChI is InChI=1S/C12H15F3N2O2S.ClH/c13-9-5-11(15)12(6-10(9)14)20(18,19)17-3-1-8(7-16)2-4-17;/h5-6,8H,1-4,7,16H2;1H. The van der Waals surface area contributed by atoms with Gasteiger partial charge in [0.25, 0.3) is 0 Å². The lowest BCUT2D eigenvalue weighted by Gasteiger charge is -2.30. The highest BCUT2D eigenvalue weighted by Gasteiger charge is 2.31. The molecule has 1 fully saturated rings. The van der Waals surface area contributed by atoms with E-state index >= 15 is 0 Å². The molecule has 0 saturated carbocycles. The lowest BCUT2D eigenvalue weighted by Crippen LogP contribution is -2.40. The van der Waals surface area contributed by atoms with Crippen LogP contribution in [0.15, 0.2) is 17.0 Å². The fraction of sp³-hybridized carbons (Fsp3) is 0.500. The Morgan fingerprint density at radius 3 is 2.14 bits per heavy atom. The van der Waals surface area contributed by atoms with E-state index in [9.17, 15) is 21.6 Å². The van der Waals surface area contributed by atoms with Crippen molar-refractivity contribution in [2.75, 3.05) is 19.6 Å². The second-order valence-electron chi connectivity index (χ2n) is 4.78. The average molecular weight is 345 g/mol. The molecule has 1 aromatic carbocycles. The van der Waals surface area contributed by atoms with Crippen LogP contribution in [0.5, 0.6) is 0 Å². The number of benzene rings is 1. The minimum atomic E-state index is -4.15. The molecular formula is C12H16ClF3N2O2S. The highest BCUT2D eigenvalue weighted by Crippen LogP contribution is 2.26. The number of nitrogens with two attached hydrogens (primary N) is 1. The summed E-state index contributed by atoms with van der Waals surface area (Å²) in [4.78, 5) is -0.831. The maximum absolute atomic E-state index is 13.6. The first kappa shape index (κ1) is 18.2. The molecule has 9 heteroatoms. The van der Waals surface area contributed by atoms with Gasteiger partial charge in [-0.1, -0.05) is 0 Å². The molecule has 1 aliphatic rings. The van der Waals surface area contributed by atoms with Crippen molar-refractivity contribution >= 4 is 22.4 Å². The van der Waals surface area contributed by atoms with E-state index in [0.29, 0.717) is 25.5 Å². The van der Waals surface area contributed by atoms with Gasteiger partial charge in [-0.3, -0.25) is 0 Å². The van der Waals surface area contributed by atoms with Crippen LogP contribution < -0.4 is 5.73 Å². The summed E-state index contributed by atoms with van der Waals surface area (Å²) in [5, 5.41) is 0. The molecule has 21 heavy (non-hydrogen) atoms. The first-order valence-corrected chi connectivity index (χ1v) is 7.65. The van der Waals surface area contributed by atoms with Crippen LogP contribution in [0, 0.1) is 23.4 Å². The topological polar surface area (TPSA) is 63.4 Å². The Labute approximate surface area is 127 Å². The molecular weight excluding hydrogens is 329 g/mol. The van der Waals surface area contributed by atoms with E-state index in [4.69, 9.17) is 5.73 Å². The van der Waals surface area contributed by atoms with Crippen molar-refractivity contribution < 1.29 is 21.6 Å². The van der Waals surface area contributed by atoms with Crippen LogP contribution in [0.2, 0.25) is 0 Å². The van der Waals surface area contributed by atoms with Gasteiger partial charge in [0.15, 0.2) is 11.6 Å². The van der Waals surface area contributed by atoms with Crippen molar-refractivity contribution in [1.82, 2.24) is 4.31 Å². The van der Waals surface area contributed by atoms with Crippen LogP contribution >= 0.6 is 12.4 Å². The van der Waals surface area contributed by atoms with Gasteiger partial charge in [-0.05, 0) is 31.4 Å². The third-order valence-electron chi connectivity index (χ3n) is 3.50. The zero-order chi connectivity index (χ0) is 14.9. The first-order valence-electron chi connectivity index (χ1n) is 6.21. The molecule has 0 aromatic heterocycles. The smallest absolute Gasteiger partial charge is 0.246 e. The van der Waals surface area contributed by atoms with Crippen molar-refractivity contribution in [3.05, 3.63) is 29.6 Å². The molecule has 4 nitrogen and oxygen atoms in total. The molecule has 1 saturated heterocycles. The molecule has 0 amide bonds. The molecule has 0 atom stereocenters. The Hall–Kier alpha value is -0.830. The minimum Gasteiger partial charge on any atom is -0.330 e. The highest BCUT2D eigenvalue weighted by atomic mass is 35.5. The largest absolute Gasteiger partial charge is 0.330 e.